The lowest BCUT2D eigenvalue weighted by Crippen LogP contribution is -2.48. The van der Waals surface area contributed by atoms with Gasteiger partial charge >= 0.3 is 0 Å². The second kappa shape index (κ2) is 10.9. The third-order valence-electron chi connectivity index (χ3n) is 6.51. The number of carbonyl (C=O) groups excluding carboxylic acids is 3. The highest BCUT2D eigenvalue weighted by molar-refractivity contribution is 8.18. The van der Waals surface area contributed by atoms with Crippen LogP contribution in [0.3, 0.4) is 0 Å². The Hall–Kier alpha value is -4.04. The minimum atomic E-state index is -0.299. The van der Waals surface area contributed by atoms with Crippen molar-refractivity contribution in [3.05, 3.63) is 100 Å². The van der Waals surface area contributed by atoms with Crippen LogP contribution >= 0.6 is 11.8 Å². The first-order valence-electron chi connectivity index (χ1n) is 12.1. The van der Waals surface area contributed by atoms with Gasteiger partial charge in [0.1, 0.15) is 5.75 Å². The van der Waals surface area contributed by atoms with Crippen LogP contribution in [0.5, 0.6) is 5.75 Å². The number of hydrogen-bond acceptors (Lipinski definition) is 6. The molecular formula is C29H27N3O4S. The van der Waals surface area contributed by atoms with Crippen LogP contribution < -0.4 is 9.64 Å². The van der Waals surface area contributed by atoms with Crippen LogP contribution in [0.15, 0.2) is 83.8 Å². The number of para-hydroxylation sites is 2. The Morgan fingerprint density at radius 1 is 0.892 bits per heavy atom. The van der Waals surface area contributed by atoms with Crippen LogP contribution in [-0.4, -0.2) is 60.1 Å². The molecule has 0 aliphatic carbocycles. The zero-order valence-corrected chi connectivity index (χ0v) is 21.3. The first-order chi connectivity index (χ1) is 18.0. The molecule has 37 heavy (non-hydrogen) atoms. The molecule has 3 amide bonds. The number of benzene rings is 3. The number of rotatable bonds is 6. The molecule has 0 saturated carbocycles. The highest BCUT2D eigenvalue weighted by Gasteiger charge is 2.35. The SMILES string of the molecule is COc1ccccc1N1CCN(C(=O)c2ccc(/C=C3\SC(=O)N(Cc4ccccc4)C3=O)cc2)CC1. The molecule has 7 nitrogen and oxygen atoms in total. The standard InChI is InChI=1S/C29H27N3O4S/c1-36-25-10-6-5-9-24(25)30-15-17-31(18-16-30)27(33)23-13-11-21(12-14-23)19-26-28(34)32(29(35)37-26)20-22-7-3-2-4-8-22/h2-14,19H,15-18,20H2,1H3/b26-19-. The Bertz CT molecular complexity index is 1330. The van der Waals surface area contributed by atoms with Crippen molar-refractivity contribution in [1.29, 1.82) is 0 Å². The Labute approximate surface area is 220 Å². The van der Waals surface area contributed by atoms with Crippen molar-refractivity contribution in [3.63, 3.8) is 0 Å². The predicted octanol–water partition coefficient (Wildman–Crippen LogP) is 4.89. The third kappa shape index (κ3) is 5.39. The maximum Gasteiger partial charge on any atom is 0.293 e. The van der Waals surface area contributed by atoms with E-state index in [2.05, 4.69) is 4.90 Å². The fraction of sp³-hybridized carbons (Fsp3) is 0.207. The number of nitrogens with zero attached hydrogens (tertiary/aromatic N) is 3. The molecule has 0 spiro atoms. The van der Waals surface area contributed by atoms with Gasteiger partial charge in [0, 0.05) is 31.7 Å². The molecule has 188 valence electrons. The highest BCUT2D eigenvalue weighted by Crippen LogP contribution is 2.33. The summed E-state index contributed by atoms with van der Waals surface area (Å²) in [5.74, 6) is 0.511. The number of thioether (sulfide) groups is 1. The Kier molecular flexibility index (Phi) is 7.28. The molecule has 2 heterocycles. The van der Waals surface area contributed by atoms with E-state index in [1.807, 2.05) is 71.6 Å². The maximum atomic E-state index is 13.1. The second-order valence-electron chi connectivity index (χ2n) is 8.83. The van der Waals surface area contributed by atoms with Crippen LogP contribution in [0.1, 0.15) is 21.5 Å². The van der Waals surface area contributed by atoms with E-state index in [1.54, 1.807) is 25.3 Å². The summed E-state index contributed by atoms with van der Waals surface area (Å²) < 4.78 is 5.48. The molecule has 2 aliphatic heterocycles. The summed E-state index contributed by atoms with van der Waals surface area (Å²) in [6, 6.07) is 24.5. The second-order valence-corrected chi connectivity index (χ2v) is 9.82. The predicted molar refractivity (Wildman–Crippen MR) is 146 cm³/mol. The van der Waals surface area contributed by atoms with E-state index in [-0.39, 0.29) is 23.6 Å². The zero-order chi connectivity index (χ0) is 25.8. The van der Waals surface area contributed by atoms with E-state index >= 15 is 0 Å². The number of amides is 3. The number of ether oxygens (including phenoxy) is 1. The van der Waals surface area contributed by atoms with E-state index in [9.17, 15) is 14.4 Å². The van der Waals surface area contributed by atoms with Gasteiger partial charge in [-0.3, -0.25) is 19.3 Å². The van der Waals surface area contributed by atoms with Gasteiger partial charge in [-0.25, -0.2) is 0 Å². The average Bonchev–Trinajstić information content (AvgIpc) is 3.21. The van der Waals surface area contributed by atoms with Gasteiger partial charge in [-0.1, -0.05) is 54.6 Å². The Balaban J connectivity index is 1.21. The van der Waals surface area contributed by atoms with Gasteiger partial charge in [-0.15, -0.1) is 0 Å². The average molecular weight is 514 g/mol. The number of hydrogen-bond donors (Lipinski definition) is 0. The van der Waals surface area contributed by atoms with Gasteiger partial charge in [0.2, 0.25) is 0 Å². The first kappa shape index (κ1) is 24.6. The number of imide groups is 1. The van der Waals surface area contributed by atoms with Crippen LogP contribution in [0.25, 0.3) is 6.08 Å². The monoisotopic (exact) mass is 513 g/mol. The summed E-state index contributed by atoms with van der Waals surface area (Å²) in [4.78, 5) is 44.1. The molecule has 2 saturated heterocycles. The maximum absolute atomic E-state index is 13.1. The topological polar surface area (TPSA) is 70.2 Å². The molecule has 0 atom stereocenters. The number of methoxy groups -OCH3 is 1. The van der Waals surface area contributed by atoms with Crippen molar-refractivity contribution in [1.82, 2.24) is 9.80 Å². The quantitative estimate of drug-likeness (QED) is 0.437. The van der Waals surface area contributed by atoms with Gasteiger partial charge in [0.05, 0.1) is 24.2 Å². The lowest BCUT2D eigenvalue weighted by Gasteiger charge is -2.36. The number of anilines is 1. The fourth-order valence-corrected chi connectivity index (χ4v) is 5.34. The molecule has 0 unspecified atom stereocenters. The lowest BCUT2D eigenvalue weighted by atomic mass is 10.1. The van der Waals surface area contributed by atoms with Crippen LogP contribution in [-0.2, 0) is 11.3 Å². The fourth-order valence-electron chi connectivity index (χ4n) is 4.50. The molecule has 3 aromatic carbocycles. The summed E-state index contributed by atoms with van der Waals surface area (Å²) in [6.07, 6.45) is 1.70. The number of piperazine rings is 1. The summed E-state index contributed by atoms with van der Waals surface area (Å²) >= 11 is 0.940. The first-order valence-corrected chi connectivity index (χ1v) is 12.9. The molecule has 0 aromatic heterocycles. The summed E-state index contributed by atoms with van der Waals surface area (Å²) in [5.41, 5.74) is 3.30. The lowest BCUT2D eigenvalue weighted by molar-refractivity contribution is -0.123. The van der Waals surface area contributed by atoms with Gasteiger partial charge in [0.25, 0.3) is 17.1 Å². The molecule has 3 aromatic rings. The molecule has 8 heteroatoms. The van der Waals surface area contributed by atoms with Crippen molar-refractivity contribution >= 4 is 40.6 Å². The number of carbonyl (C=O) groups is 3. The summed E-state index contributed by atoms with van der Waals surface area (Å²) in [5, 5.41) is -0.279. The van der Waals surface area contributed by atoms with Gasteiger partial charge in [-0.2, -0.15) is 0 Å². The highest BCUT2D eigenvalue weighted by atomic mass is 32.2. The molecule has 0 N–H and O–H groups in total. The van der Waals surface area contributed by atoms with E-state index in [0.717, 1.165) is 47.4 Å². The van der Waals surface area contributed by atoms with E-state index in [4.69, 9.17) is 4.74 Å². The smallest absolute Gasteiger partial charge is 0.293 e. The van der Waals surface area contributed by atoms with Gasteiger partial charge < -0.3 is 14.5 Å². The van der Waals surface area contributed by atoms with Gasteiger partial charge in [-0.05, 0) is 53.2 Å². The van der Waals surface area contributed by atoms with Crippen molar-refractivity contribution in [2.75, 3.05) is 38.2 Å². The Morgan fingerprint density at radius 2 is 1.57 bits per heavy atom. The normalized spacial score (nSPS) is 17.0. The third-order valence-corrected chi connectivity index (χ3v) is 7.41. The van der Waals surface area contributed by atoms with Crippen molar-refractivity contribution in [2.45, 2.75) is 6.54 Å². The van der Waals surface area contributed by atoms with Crippen molar-refractivity contribution in [3.8, 4) is 5.75 Å². The van der Waals surface area contributed by atoms with Crippen molar-refractivity contribution in [2.24, 2.45) is 0 Å². The zero-order valence-electron chi connectivity index (χ0n) is 20.5. The molecular weight excluding hydrogens is 486 g/mol. The minimum absolute atomic E-state index is 0.0191. The van der Waals surface area contributed by atoms with E-state index < -0.39 is 0 Å². The molecule has 2 fully saturated rings. The Morgan fingerprint density at radius 3 is 2.27 bits per heavy atom. The van der Waals surface area contributed by atoms with Gasteiger partial charge in [0.15, 0.2) is 0 Å². The summed E-state index contributed by atoms with van der Waals surface area (Å²) in [7, 11) is 1.66. The molecule has 5 rings (SSSR count). The van der Waals surface area contributed by atoms with E-state index in [1.165, 1.54) is 4.90 Å². The molecule has 0 bridgehead atoms. The molecule has 0 radical (unpaired) electrons. The van der Waals surface area contributed by atoms with Crippen LogP contribution in [0, 0.1) is 0 Å². The van der Waals surface area contributed by atoms with Crippen molar-refractivity contribution < 1.29 is 19.1 Å². The minimum Gasteiger partial charge on any atom is -0.495 e. The largest absolute Gasteiger partial charge is 0.495 e. The van der Waals surface area contributed by atoms with Crippen LogP contribution in [0.4, 0.5) is 10.5 Å². The molecule has 2 aliphatic rings. The van der Waals surface area contributed by atoms with E-state index in [0.29, 0.717) is 23.6 Å². The summed E-state index contributed by atoms with van der Waals surface area (Å²) in [6.45, 7) is 2.94. The van der Waals surface area contributed by atoms with Crippen LogP contribution in [0.2, 0.25) is 0 Å².